The maximum Gasteiger partial charge on any atom is 0.220 e. The molecule has 5 heteroatoms. The second-order valence-corrected chi connectivity index (χ2v) is 5.52. The first-order chi connectivity index (χ1) is 7.13. The van der Waals surface area contributed by atoms with Gasteiger partial charge in [-0.25, -0.2) is 0 Å². The molecule has 0 unspecified atom stereocenters. The third-order valence-corrected chi connectivity index (χ3v) is 3.44. The lowest BCUT2D eigenvalue weighted by Crippen LogP contribution is -2.28. The summed E-state index contributed by atoms with van der Waals surface area (Å²) in [5, 5.41) is 2.59. The fraction of sp³-hybridized carbons (Fsp3) is 0.400. The highest BCUT2D eigenvalue weighted by atomic mass is 79.9. The Morgan fingerprint density at radius 3 is 2.73 bits per heavy atom. The molecule has 0 spiro atoms. The van der Waals surface area contributed by atoms with Gasteiger partial charge in [-0.3, -0.25) is 9.59 Å². The Morgan fingerprint density at radius 2 is 2.20 bits per heavy atom. The van der Waals surface area contributed by atoms with E-state index in [1.54, 1.807) is 6.07 Å². The number of ketones is 1. The van der Waals surface area contributed by atoms with Crippen molar-refractivity contribution in [2.24, 2.45) is 0 Å². The normalized spacial score (nSPS) is 10.0. The van der Waals surface area contributed by atoms with Crippen LogP contribution in [0.5, 0.6) is 0 Å². The van der Waals surface area contributed by atoms with Gasteiger partial charge in [0.05, 0.1) is 15.2 Å². The van der Waals surface area contributed by atoms with E-state index in [9.17, 15) is 9.59 Å². The number of rotatable bonds is 5. The van der Waals surface area contributed by atoms with Crippen LogP contribution in [-0.4, -0.2) is 18.2 Å². The molecule has 1 heterocycles. The van der Waals surface area contributed by atoms with Crippen LogP contribution >= 0.6 is 27.3 Å². The van der Waals surface area contributed by atoms with Gasteiger partial charge in [0.25, 0.3) is 0 Å². The van der Waals surface area contributed by atoms with E-state index in [0.717, 1.165) is 10.2 Å². The average Bonchev–Trinajstić information content (AvgIpc) is 2.62. The third-order valence-electron chi connectivity index (χ3n) is 1.77. The van der Waals surface area contributed by atoms with Crippen LogP contribution in [0.25, 0.3) is 0 Å². The minimum absolute atomic E-state index is 0.0462. The maximum atomic E-state index is 11.5. The highest BCUT2D eigenvalue weighted by Crippen LogP contribution is 2.22. The summed E-state index contributed by atoms with van der Waals surface area (Å²) >= 11 is 4.66. The number of Topliss-reactive ketones (excluding diaryl/α,β-unsaturated/α-hetero) is 1. The van der Waals surface area contributed by atoms with Crippen LogP contribution in [0, 0.1) is 0 Å². The molecule has 1 N–H and O–H groups in total. The number of halogens is 1. The molecule has 0 atom stereocenters. The molecule has 0 saturated heterocycles. The van der Waals surface area contributed by atoms with Crippen molar-refractivity contribution in [3.8, 4) is 0 Å². The van der Waals surface area contributed by atoms with Crippen LogP contribution in [0.2, 0.25) is 0 Å². The van der Waals surface area contributed by atoms with Gasteiger partial charge >= 0.3 is 0 Å². The summed E-state index contributed by atoms with van der Waals surface area (Å²) in [6.07, 6.45) is 1.27. The first kappa shape index (κ1) is 12.4. The summed E-state index contributed by atoms with van der Waals surface area (Å²) in [6.45, 7) is 2.02. The molecule has 0 fully saturated rings. The molecule has 0 aliphatic carbocycles. The van der Waals surface area contributed by atoms with Gasteiger partial charge in [-0.15, -0.1) is 11.3 Å². The molecule has 0 bridgehead atoms. The molecule has 1 rings (SSSR count). The monoisotopic (exact) mass is 289 g/mol. The van der Waals surface area contributed by atoms with Gasteiger partial charge in [0.2, 0.25) is 5.91 Å². The number of carbonyl (C=O) groups excluding carboxylic acids is 2. The summed E-state index contributed by atoms with van der Waals surface area (Å²) in [6, 6.07) is 3.58. The minimum atomic E-state index is -0.0681. The molecular formula is C10H12BrNO2S. The van der Waals surface area contributed by atoms with Crippen molar-refractivity contribution < 1.29 is 9.59 Å². The summed E-state index contributed by atoms with van der Waals surface area (Å²) in [5.41, 5.74) is 0. The fourth-order valence-electron chi connectivity index (χ4n) is 1.05. The van der Waals surface area contributed by atoms with E-state index < -0.39 is 0 Å². The highest BCUT2D eigenvalue weighted by molar-refractivity contribution is 9.11. The van der Waals surface area contributed by atoms with Crippen molar-refractivity contribution in [1.29, 1.82) is 0 Å². The van der Waals surface area contributed by atoms with E-state index in [1.165, 1.54) is 11.3 Å². The first-order valence-corrected chi connectivity index (χ1v) is 6.29. The lowest BCUT2D eigenvalue weighted by atomic mass is 10.3. The van der Waals surface area contributed by atoms with Crippen molar-refractivity contribution in [2.45, 2.75) is 19.8 Å². The van der Waals surface area contributed by atoms with Crippen LogP contribution in [-0.2, 0) is 4.79 Å². The van der Waals surface area contributed by atoms with E-state index in [2.05, 4.69) is 21.2 Å². The molecule has 15 heavy (non-hydrogen) atoms. The number of carbonyl (C=O) groups is 2. The predicted molar refractivity (Wildman–Crippen MR) is 64.3 cm³/mol. The predicted octanol–water partition coefficient (Wildman–Crippen LogP) is 2.61. The standard InChI is InChI=1S/C10H12BrNO2S/c1-2-3-10(14)12-6-7(13)8-4-5-9(11)15-8/h4-5H,2-3,6H2,1H3,(H,12,14). The number of hydrogen-bond donors (Lipinski definition) is 1. The Kier molecular flexibility index (Phi) is 4.98. The van der Waals surface area contributed by atoms with Crippen molar-refractivity contribution >= 4 is 39.0 Å². The van der Waals surface area contributed by atoms with E-state index in [1.807, 2.05) is 13.0 Å². The maximum absolute atomic E-state index is 11.5. The number of nitrogens with one attached hydrogen (secondary N) is 1. The van der Waals surface area contributed by atoms with Crippen LogP contribution in [0.15, 0.2) is 15.9 Å². The van der Waals surface area contributed by atoms with Crippen molar-refractivity contribution in [3.05, 3.63) is 20.8 Å². The van der Waals surface area contributed by atoms with Crippen LogP contribution in [0.3, 0.4) is 0 Å². The van der Waals surface area contributed by atoms with E-state index >= 15 is 0 Å². The lowest BCUT2D eigenvalue weighted by Gasteiger charge is -2.01. The van der Waals surface area contributed by atoms with E-state index in [-0.39, 0.29) is 18.2 Å². The second-order valence-electron chi connectivity index (χ2n) is 3.05. The molecule has 0 aliphatic heterocycles. The van der Waals surface area contributed by atoms with Crippen LogP contribution in [0.4, 0.5) is 0 Å². The topological polar surface area (TPSA) is 46.2 Å². The van der Waals surface area contributed by atoms with Crippen molar-refractivity contribution in [2.75, 3.05) is 6.54 Å². The van der Waals surface area contributed by atoms with Crippen molar-refractivity contribution in [3.63, 3.8) is 0 Å². The highest BCUT2D eigenvalue weighted by Gasteiger charge is 2.09. The Hall–Kier alpha value is -0.680. The Labute approximate surface area is 101 Å². The van der Waals surface area contributed by atoms with E-state index in [0.29, 0.717) is 11.3 Å². The molecule has 0 saturated carbocycles. The van der Waals surface area contributed by atoms with Gasteiger partial charge in [-0.2, -0.15) is 0 Å². The van der Waals surface area contributed by atoms with Gasteiger partial charge in [-0.1, -0.05) is 6.92 Å². The zero-order valence-electron chi connectivity index (χ0n) is 8.38. The molecular weight excluding hydrogens is 278 g/mol. The van der Waals surface area contributed by atoms with E-state index in [4.69, 9.17) is 0 Å². The third kappa shape index (κ3) is 4.13. The summed E-state index contributed by atoms with van der Waals surface area (Å²) in [7, 11) is 0. The molecule has 0 aliphatic rings. The lowest BCUT2D eigenvalue weighted by molar-refractivity contribution is -0.120. The number of hydrogen-bond acceptors (Lipinski definition) is 3. The first-order valence-electron chi connectivity index (χ1n) is 4.68. The van der Waals surface area contributed by atoms with Crippen LogP contribution < -0.4 is 5.32 Å². The van der Waals surface area contributed by atoms with Crippen LogP contribution in [0.1, 0.15) is 29.4 Å². The molecule has 0 aromatic carbocycles. The molecule has 1 aromatic rings. The molecule has 82 valence electrons. The van der Waals surface area contributed by atoms with Gasteiger partial charge in [-0.05, 0) is 34.5 Å². The molecule has 1 amide bonds. The summed E-state index contributed by atoms with van der Waals surface area (Å²) in [4.78, 5) is 23.3. The Balaban J connectivity index is 2.40. The Morgan fingerprint density at radius 1 is 1.47 bits per heavy atom. The van der Waals surface area contributed by atoms with Gasteiger partial charge < -0.3 is 5.32 Å². The fourth-order valence-corrected chi connectivity index (χ4v) is 2.37. The zero-order valence-corrected chi connectivity index (χ0v) is 10.8. The summed E-state index contributed by atoms with van der Waals surface area (Å²) < 4.78 is 0.922. The zero-order chi connectivity index (χ0) is 11.3. The second kappa shape index (κ2) is 6.02. The quantitative estimate of drug-likeness (QED) is 0.847. The van der Waals surface area contributed by atoms with Gasteiger partial charge in [0, 0.05) is 6.42 Å². The van der Waals surface area contributed by atoms with Gasteiger partial charge in [0.15, 0.2) is 5.78 Å². The number of amides is 1. The summed E-state index contributed by atoms with van der Waals surface area (Å²) in [5.74, 6) is -0.114. The Bertz CT molecular complexity index is 362. The van der Waals surface area contributed by atoms with Gasteiger partial charge in [0.1, 0.15) is 0 Å². The largest absolute Gasteiger partial charge is 0.349 e. The number of thiophene rings is 1. The smallest absolute Gasteiger partial charge is 0.220 e. The molecule has 3 nitrogen and oxygen atoms in total. The molecule has 0 radical (unpaired) electrons. The molecule has 1 aromatic heterocycles. The minimum Gasteiger partial charge on any atom is -0.349 e. The van der Waals surface area contributed by atoms with Crippen molar-refractivity contribution in [1.82, 2.24) is 5.32 Å². The SMILES string of the molecule is CCCC(=O)NCC(=O)c1ccc(Br)s1. The average molecular weight is 290 g/mol.